The van der Waals surface area contributed by atoms with Crippen LogP contribution in [0.3, 0.4) is 0 Å². The molecule has 0 saturated heterocycles. The van der Waals surface area contributed by atoms with Gasteiger partial charge in [-0.25, -0.2) is 0 Å². The lowest BCUT2D eigenvalue weighted by Crippen LogP contribution is -2.30. The fourth-order valence-electron chi connectivity index (χ4n) is 2.33. The molecule has 0 aliphatic rings. The van der Waals surface area contributed by atoms with Crippen LogP contribution in [-0.4, -0.2) is 21.9 Å². The second-order valence-corrected chi connectivity index (χ2v) is 5.00. The molecule has 3 heteroatoms. The Labute approximate surface area is 120 Å². The summed E-state index contributed by atoms with van der Waals surface area (Å²) in [5.74, 6) is 0.220. The van der Waals surface area contributed by atoms with Crippen molar-refractivity contribution >= 4 is 5.91 Å². The molecule has 1 amide bonds. The molecule has 1 heterocycles. The number of aromatic nitrogens is 1. The molecule has 0 spiro atoms. The van der Waals surface area contributed by atoms with Gasteiger partial charge in [0.05, 0.1) is 0 Å². The molecular formula is C17H22N2O. The van der Waals surface area contributed by atoms with Crippen LogP contribution in [0.25, 0.3) is 0 Å². The molecule has 1 aromatic carbocycles. The molecule has 1 aromatic heterocycles. The molecule has 0 radical (unpaired) electrons. The van der Waals surface area contributed by atoms with Gasteiger partial charge in [-0.05, 0) is 31.0 Å². The highest BCUT2D eigenvalue weighted by atomic mass is 16.2. The zero-order valence-electron chi connectivity index (χ0n) is 12.2. The Kier molecular flexibility index (Phi) is 4.99. The van der Waals surface area contributed by atoms with E-state index in [0.29, 0.717) is 13.0 Å². The number of nitrogens with zero attached hydrogens (tertiary/aromatic N) is 2. The molecular weight excluding hydrogens is 248 g/mol. The fraction of sp³-hybridized carbons (Fsp3) is 0.353. The summed E-state index contributed by atoms with van der Waals surface area (Å²) in [5.41, 5.74) is 2.38. The van der Waals surface area contributed by atoms with E-state index in [1.807, 2.05) is 49.3 Å². The summed E-state index contributed by atoms with van der Waals surface area (Å²) < 4.78 is 2.07. The number of amides is 1. The van der Waals surface area contributed by atoms with E-state index in [0.717, 1.165) is 13.0 Å². The summed E-state index contributed by atoms with van der Waals surface area (Å²) in [5, 5.41) is 0. The van der Waals surface area contributed by atoms with Crippen molar-refractivity contribution < 1.29 is 4.79 Å². The van der Waals surface area contributed by atoms with Gasteiger partial charge in [0, 0.05) is 38.4 Å². The van der Waals surface area contributed by atoms with Gasteiger partial charge in [-0.2, -0.15) is 0 Å². The zero-order valence-corrected chi connectivity index (χ0v) is 12.2. The second-order valence-electron chi connectivity index (χ2n) is 5.00. The van der Waals surface area contributed by atoms with Crippen molar-refractivity contribution in [2.75, 3.05) is 6.54 Å². The van der Waals surface area contributed by atoms with Gasteiger partial charge in [0.2, 0.25) is 5.91 Å². The topological polar surface area (TPSA) is 25.2 Å². The van der Waals surface area contributed by atoms with E-state index in [1.165, 1.54) is 11.3 Å². The Morgan fingerprint density at radius 2 is 1.90 bits per heavy atom. The fourth-order valence-corrected chi connectivity index (χ4v) is 2.33. The van der Waals surface area contributed by atoms with E-state index in [-0.39, 0.29) is 5.91 Å². The van der Waals surface area contributed by atoms with Crippen molar-refractivity contribution in [2.45, 2.75) is 26.3 Å². The van der Waals surface area contributed by atoms with Gasteiger partial charge in [-0.15, -0.1) is 0 Å². The molecule has 0 bridgehead atoms. The molecule has 0 atom stereocenters. The van der Waals surface area contributed by atoms with Crippen molar-refractivity contribution in [1.82, 2.24) is 9.47 Å². The molecule has 106 valence electrons. The average molecular weight is 270 g/mol. The number of carbonyl (C=O) groups excluding carboxylic acids is 1. The van der Waals surface area contributed by atoms with Gasteiger partial charge in [-0.3, -0.25) is 4.79 Å². The van der Waals surface area contributed by atoms with Crippen molar-refractivity contribution in [3.8, 4) is 0 Å². The van der Waals surface area contributed by atoms with Gasteiger partial charge >= 0.3 is 0 Å². The Hall–Kier alpha value is -2.03. The second kappa shape index (κ2) is 6.94. The molecule has 20 heavy (non-hydrogen) atoms. The Balaban J connectivity index is 1.91. The lowest BCUT2D eigenvalue weighted by molar-refractivity contribution is -0.131. The monoisotopic (exact) mass is 270 g/mol. The summed E-state index contributed by atoms with van der Waals surface area (Å²) in [6.45, 7) is 3.48. The normalized spacial score (nSPS) is 10.5. The van der Waals surface area contributed by atoms with Crippen molar-refractivity contribution in [3.05, 3.63) is 59.9 Å². The molecule has 3 nitrogen and oxygen atoms in total. The van der Waals surface area contributed by atoms with Crippen molar-refractivity contribution in [2.24, 2.45) is 7.05 Å². The third kappa shape index (κ3) is 3.73. The maximum absolute atomic E-state index is 12.3. The molecule has 0 aliphatic heterocycles. The molecule has 0 aliphatic carbocycles. The molecule has 2 aromatic rings. The number of hydrogen-bond acceptors (Lipinski definition) is 1. The van der Waals surface area contributed by atoms with E-state index in [9.17, 15) is 4.79 Å². The van der Waals surface area contributed by atoms with Gasteiger partial charge in [0.25, 0.3) is 0 Å². The first-order valence-corrected chi connectivity index (χ1v) is 7.12. The van der Waals surface area contributed by atoms with Gasteiger partial charge in [0.1, 0.15) is 0 Å². The highest BCUT2D eigenvalue weighted by Gasteiger charge is 2.12. The minimum Gasteiger partial charge on any atom is -0.354 e. The number of carbonyl (C=O) groups is 1. The largest absolute Gasteiger partial charge is 0.354 e. The Morgan fingerprint density at radius 1 is 1.15 bits per heavy atom. The zero-order chi connectivity index (χ0) is 14.4. The SMILES string of the molecule is CCN(Cc1ccccc1)C(=O)CCc1cccn1C. The molecule has 0 unspecified atom stereocenters. The standard InChI is InChI=1S/C17H22N2O/c1-3-19(14-15-8-5-4-6-9-15)17(20)12-11-16-10-7-13-18(16)2/h4-10,13H,3,11-12,14H2,1-2H3. The smallest absolute Gasteiger partial charge is 0.223 e. The molecule has 0 fully saturated rings. The van der Waals surface area contributed by atoms with Crippen LogP contribution < -0.4 is 0 Å². The summed E-state index contributed by atoms with van der Waals surface area (Å²) in [4.78, 5) is 14.2. The number of hydrogen-bond donors (Lipinski definition) is 0. The predicted molar refractivity (Wildman–Crippen MR) is 81.3 cm³/mol. The summed E-state index contributed by atoms with van der Waals surface area (Å²) in [6.07, 6.45) is 3.38. The minimum atomic E-state index is 0.220. The van der Waals surface area contributed by atoms with Crippen LogP contribution in [0.15, 0.2) is 48.7 Å². The summed E-state index contributed by atoms with van der Waals surface area (Å²) in [7, 11) is 2.02. The van der Waals surface area contributed by atoms with Crippen molar-refractivity contribution in [1.29, 1.82) is 0 Å². The van der Waals surface area contributed by atoms with Crippen molar-refractivity contribution in [3.63, 3.8) is 0 Å². The highest BCUT2D eigenvalue weighted by molar-refractivity contribution is 5.76. The summed E-state index contributed by atoms with van der Waals surface area (Å²) >= 11 is 0. The van der Waals surface area contributed by atoms with Crippen LogP contribution in [0.5, 0.6) is 0 Å². The van der Waals surface area contributed by atoms with Gasteiger partial charge in [0.15, 0.2) is 0 Å². The number of aryl methyl sites for hydroxylation is 2. The van der Waals surface area contributed by atoms with Crippen LogP contribution in [0.4, 0.5) is 0 Å². The third-order valence-electron chi connectivity index (χ3n) is 3.60. The average Bonchev–Trinajstić information content (AvgIpc) is 2.88. The molecule has 0 saturated carbocycles. The highest BCUT2D eigenvalue weighted by Crippen LogP contribution is 2.09. The van der Waals surface area contributed by atoms with E-state index in [1.54, 1.807) is 0 Å². The lowest BCUT2D eigenvalue weighted by Gasteiger charge is -2.21. The first-order chi connectivity index (χ1) is 9.70. The van der Waals surface area contributed by atoms with Crippen LogP contribution in [-0.2, 0) is 24.8 Å². The number of rotatable bonds is 6. The third-order valence-corrected chi connectivity index (χ3v) is 3.60. The van der Waals surface area contributed by atoms with Crippen LogP contribution in [0, 0.1) is 0 Å². The van der Waals surface area contributed by atoms with Crippen LogP contribution >= 0.6 is 0 Å². The summed E-state index contributed by atoms with van der Waals surface area (Å²) in [6, 6.07) is 14.2. The van der Waals surface area contributed by atoms with E-state index in [2.05, 4.69) is 22.8 Å². The van der Waals surface area contributed by atoms with Gasteiger partial charge in [-0.1, -0.05) is 30.3 Å². The predicted octanol–water partition coefficient (Wildman–Crippen LogP) is 3.01. The van der Waals surface area contributed by atoms with Crippen LogP contribution in [0.1, 0.15) is 24.6 Å². The first kappa shape index (κ1) is 14.4. The first-order valence-electron chi connectivity index (χ1n) is 7.12. The molecule has 0 N–H and O–H groups in total. The van der Waals surface area contributed by atoms with Gasteiger partial charge < -0.3 is 9.47 Å². The lowest BCUT2D eigenvalue weighted by atomic mass is 10.2. The number of benzene rings is 1. The Bertz CT molecular complexity index is 545. The maximum Gasteiger partial charge on any atom is 0.223 e. The van der Waals surface area contributed by atoms with Crippen LogP contribution in [0.2, 0.25) is 0 Å². The van der Waals surface area contributed by atoms with E-state index >= 15 is 0 Å². The quantitative estimate of drug-likeness (QED) is 0.792. The van der Waals surface area contributed by atoms with E-state index in [4.69, 9.17) is 0 Å². The minimum absolute atomic E-state index is 0.220. The van der Waals surface area contributed by atoms with E-state index < -0.39 is 0 Å². The maximum atomic E-state index is 12.3. The Morgan fingerprint density at radius 3 is 2.50 bits per heavy atom. The molecule has 2 rings (SSSR count).